The van der Waals surface area contributed by atoms with Crippen LogP contribution in [0.15, 0.2) is 0 Å². The zero-order valence-electron chi connectivity index (χ0n) is 11.0. The number of hydrogen-bond acceptors (Lipinski definition) is 4. The van der Waals surface area contributed by atoms with E-state index < -0.39 is 0 Å². The van der Waals surface area contributed by atoms with Crippen molar-refractivity contribution in [3.05, 3.63) is 0 Å². The first-order chi connectivity index (χ1) is 8.79. The second kappa shape index (κ2) is 7.07. The normalized spacial score (nSPS) is 25.6. The summed E-state index contributed by atoms with van der Waals surface area (Å²) >= 11 is 0. The third kappa shape index (κ3) is 3.93. The molecule has 0 spiro atoms. The molecule has 5 heteroatoms. The van der Waals surface area contributed by atoms with Gasteiger partial charge >= 0.3 is 0 Å². The van der Waals surface area contributed by atoms with E-state index in [1.54, 1.807) is 0 Å². The molecule has 0 aromatic carbocycles. The molecule has 2 aliphatic rings. The Bertz CT molecular complexity index is 259. The lowest BCUT2D eigenvalue weighted by Crippen LogP contribution is -2.42. The number of carbonyl (C=O) groups is 1. The zero-order chi connectivity index (χ0) is 12.8. The predicted octanol–water partition coefficient (Wildman–Crippen LogP) is 0.522. The Labute approximate surface area is 109 Å². The van der Waals surface area contributed by atoms with Gasteiger partial charge in [0.25, 0.3) is 0 Å². The minimum atomic E-state index is 0.156. The van der Waals surface area contributed by atoms with Crippen LogP contribution in [0.25, 0.3) is 0 Å². The first-order valence-electron chi connectivity index (χ1n) is 7.00. The molecule has 2 heterocycles. The van der Waals surface area contributed by atoms with Gasteiger partial charge in [-0.05, 0) is 25.7 Å². The van der Waals surface area contributed by atoms with Crippen molar-refractivity contribution in [3.63, 3.8) is 0 Å². The van der Waals surface area contributed by atoms with Crippen molar-refractivity contribution in [3.8, 4) is 0 Å². The van der Waals surface area contributed by atoms with E-state index >= 15 is 0 Å². The molecular weight excluding hydrogens is 232 g/mol. The van der Waals surface area contributed by atoms with Crippen LogP contribution in [0.5, 0.6) is 0 Å². The number of ether oxygens (including phenoxy) is 2. The Kier molecular flexibility index (Phi) is 5.41. The minimum Gasteiger partial charge on any atom is -0.378 e. The number of nitrogens with two attached hydrogens (primary N) is 1. The summed E-state index contributed by atoms with van der Waals surface area (Å²) in [5.41, 5.74) is 5.41. The SMILES string of the molecule is NCCOC1CCN(C(=O)CC2CCCO2)CC1. The van der Waals surface area contributed by atoms with Crippen molar-refractivity contribution < 1.29 is 14.3 Å². The van der Waals surface area contributed by atoms with Crippen molar-refractivity contribution in [1.29, 1.82) is 0 Å². The summed E-state index contributed by atoms with van der Waals surface area (Å²) < 4.78 is 11.1. The smallest absolute Gasteiger partial charge is 0.225 e. The van der Waals surface area contributed by atoms with Crippen LogP contribution < -0.4 is 5.73 Å². The first-order valence-corrected chi connectivity index (χ1v) is 7.00. The van der Waals surface area contributed by atoms with Crippen LogP contribution in [0.4, 0.5) is 0 Å². The molecule has 0 bridgehead atoms. The van der Waals surface area contributed by atoms with Crippen molar-refractivity contribution in [1.82, 2.24) is 4.90 Å². The lowest BCUT2D eigenvalue weighted by Gasteiger charge is -2.32. The van der Waals surface area contributed by atoms with Gasteiger partial charge in [0.1, 0.15) is 0 Å². The zero-order valence-corrected chi connectivity index (χ0v) is 11.0. The average molecular weight is 256 g/mol. The van der Waals surface area contributed by atoms with Gasteiger partial charge in [0.2, 0.25) is 5.91 Å². The quantitative estimate of drug-likeness (QED) is 0.779. The summed E-state index contributed by atoms with van der Waals surface area (Å²) in [7, 11) is 0. The van der Waals surface area contributed by atoms with E-state index in [-0.39, 0.29) is 18.1 Å². The van der Waals surface area contributed by atoms with Gasteiger partial charge in [-0.25, -0.2) is 0 Å². The monoisotopic (exact) mass is 256 g/mol. The van der Waals surface area contributed by atoms with Gasteiger partial charge in [0.05, 0.1) is 25.2 Å². The average Bonchev–Trinajstić information content (AvgIpc) is 2.89. The molecule has 0 aromatic heterocycles. The molecule has 1 unspecified atom stereocenters. The van der Waals surface area contributed by atoms with Crippen molar-refractivity contribution in [2.75, 3.05) is 32.8 Å². The Morgan fingerprint density at radius 1 is 1.33 bits per heavy atom. The molecule has 18 heavy (non-hydrogen) atoms. The van der Waals surface area contributed by atoms with Crippen molar-refractivity contribution in [2.24, 2.45) is 5.73 Å². The molecule has 104 valence electrons. The lowest BCUT2D eigenvalue weighted by atomic mass is 10.1. The molecule has 1 atom stereocenters. The molecule has 1 amide bonds. The number of hydrogen-bond donors (Lipinski definition) is 1. The molecule has 5 nitrogen and oxygen atoms in total. The first kappa shape index (κ1) is 13.8. The van der Waals surface area contributed by atoms with E-state index in [1.165, 1.54) is 0 Å². The number of likely N-dealkylation sites (tertiary alicyclic amines) is 1. The second-order valence-electron chi connectivity index (χ2n) is 5.08. The van der Waals surface area contributed by atoms with E-state index in [4.69, 9.17) is 15.2 Å². The number of amides is 1. The third-order valence-electron chi connectivity index (χ3n) is 3.69. The summed E-state index contributed by atoms with van der Waals surface area (Å²) in [4.78, 5) is 14.0. The highest BCUT2D eigenvalue weighted by molar-refractivity contribution is 5.76. The fraction of sp³-hybridized carbons (Fsp3) is 0.923. The van der Waals surface area contributed by atoms with Crippen LogP contribution in [0, 0.1) is 0 Å². The Hall–Kier alpha value is -0.650. The lowest BCUT2D eigenvalue weighted by molar-refractivity contribution is -0.136. The Morgan fingerprint density at radius 3 is 2.72 bits per heavy atom. The fourth-order valence-electron chi connectivity index (χ4n) is 2.64. The van der Waals surface area contributed by atoms with E-state index in [0.717, 1.165) is 45.4 Å². The van der Waals surface area contributed by atoms with Crippen LogP contribution >= 0.6 is 0 Å². The molecule has 0 saturated carbocycles. The highest BCUT2D eigenvalue weighted by Crippen LogP contribution is 2.19. The molecule has 0 aliphatic carbocycles. The molecule has 2 fully saturated rings. The summed E-state index contributed by atoms with van der Waals surface area (Å²) in [5.74, 6) is 0.235. The molecule has 0 aromatic rings. The molecule has 2 N–H and O–H groups in total. The summed E-state index contributed by atoms with van der Waals surface area (Å²) in [5, 5.41) is 0. The maximum Gasteiger partial charge on any atom is 0.225 e. The highest BCUT2D eigenvalue weighted by Gasteiger charge is 2.26. The van der Waals surface area contributed by atoms with Gasteiger partial charge in [0, 0.05) is 26.2 Å². The fourth-order valence-corrected chi connectivity index (χ4v) is 2.64. The van der Waals surface area contributed by atoms with E-state index in [9.17, 15) is 4.79 Å². The topological polar surface area (TPSA) is 64.8 Å². The van der Waals surface area contributed by atoms with E-state index in [2.05, 4.69) is 0 Å². The van der Waals surface area contributed by atoms with Gasteiger partial charge in [-0.3, -0.25) is 4.79 Å². The van der Waals surface area contributed by atoms with Gasteiger partial charge in [0.15, 0.2) is 0 Å². The number of nitrogens with zero attached hydrogens (tertiary/aromatic N) is 1. The summed E-state index contributed by atoms with van der Waals surface area (Å²) in [6, 6.07) is 0. The molecular formula is C13H24N2O3. The molecule has 2 aliphatic heterocycles. The van der Waals surface area contributed by atoms with Gasteiger partial charge in [-0.2, -0.15) is 0 Å². The van der Waals surface area contributed by atoms with Gasteiger partial charge in [-0.1, -0.05) is 0 Å². The number of rotatable bonds is 5. The van der Waals surface area contributed by atoms with Crippen LogP contribution in [-0.4, -0.2) is 55.9 Å². The maximum atomic E-state index is 12.1. The Morgan fingerprint density at radius 2 is 2.11 bits per heavy atom. The summed E-state index contributed by atoms with van der Waals surface area (Å²) in [6.07, 6.45) is 4.96. The predicted molar refractivity (Wildman–Crippen MR) is 68.2 cm³/mol. The Balaban J connectivity index is 1.66. The second-order valence-corrected chi connectivity index (χ2v) is 5.08. The van der Waals surface area contributed by atoms with Gasteiger partial charge in [-0.15, -0.1) is 0 Å². The third-order valence-corrected chi connectivity index (χ3v) is 3.69. The van der Waals surface area contributed by atoms with Crippen LogP contribution in [0.3, 0.4) is 0 Å². The van der Waals surface area contributed by atoms with E-state index in [1.807, 2.05) is 4.90 Å². The number of carbonyl (C=O) groups excluding carboxylic acids is 1. The molecule has 0 radical (unpaired) electrons. The maximum absolute atomic E-state index is 12.1. The standard InChI is InChI=1S/C13H24N2O3/c14-5-9-18-11-3-6-15(7-4-11)13(16)10-12-2-1-8-17-12/h11-12H,1-10,14H2. The molecule has 2 saturated heterocycles. The van der Waals surface area contributed by atoms with Gasteiger partial charge < -0.3 is 20.1 Å². The summed E-state index contributed by atoms with van der Waals surface area (Å²) in [6.45, 7) is 3.61. The van der Waals surface area contributed by atoms with Crippen molar-refractivity contribution in [2.45, 2.75) is 44.3 Å². The van der Waals surface area contributed by atoms with Crippen LogP contribution in [0.2, 0.25) is 0 Å². The number of piperidine rings is 1. The minimum absolute atomic E-state index is 0.156. The highest BCUT2D eigenvalue weighted by atomic mass is 16.5. The van der Waals surface area contributed by atoms with Crippen molar-refractivity contribution >= 4 is 5.91 Å². The largest absolute Gasteiger partial charge is 0.378 e. The van der Waals surface area contributed by atoms with Crippen LogP contribution in [0.1, 0.15) is 32.1 Å². The molecule has 2 rings (SSSR count). The van der Waals surface area contributed by atoms with Crippen LogP contribution in [-0.2, 0) is 14.3 Å². The van der Waals surface area contributed by atoms with E-state index in [0.29, 0.717) is 19.6 Å².